The molecule has 10 heteroatoms. The molecule has 7 nitrogen and oxygen atoms in total. The highest BCUT2D eigenvalue weighted by Crippen LogP contribution is 2.29. The molecule has 2 aromatic rings. The fourth-order valence-electron chi connectivity index (χ4n) is 2.16. The molecule has 2 atom stereocenters. The van der Waals surface area contributed by atoms with Gasteiger partial charge in [0.2, 0.25) is 11.0 Å². The predicted octanol–water partition coefficient (Wildman–Crippen LogP) is 2.58. The van der Waals surface area contributed by atoms with Crippen LogP contribution in [0.15, 0.2) is 34.7 Å². The summed E-state index contributed by atoms with van der Waals surface area (Å²) in [6.45, 7) is 1.90. The number of ether oxygens (including phenoxy) is 1. The Labute approximate surface area is 170 Å². The van der Waals surface area contributed by atoms with Crippen molar-refractivity contribution in [2.75, 3.05) is 18.6 Å². The molecule has 27 heavy (non-hydrogen) atoms. The highest BCUT2D eigenvalue weighted by atomic mass is 32.2. The average Bonchev–Trinajstić information content (AvgIpc) is 3.10. The van der Waals surface area contributed by atoms with E-state index >= 15 is 0 Å². The SMILES string of the molecule is CC[C@@H](Sc1nnc(N)s1)C(=O)N[C@H](CSCc1ccccc1)C(=O)OC. The lowest BCUT2D eigenvalue weighted by Gasteiger charge is -2.19. The lowest BCUT2D eigenvalue weighted by molar-refractivity contribution is -0.144. The molecule has 0 saturated carbocycles. The number of thioether (sulfide) groups is 2. The summed E-state index contributed by atoms with van der Waals surface area (Å²) in [5.41, 5.74) is 6.74. The second kappa shape index (κ2) is 11.2. The van der Waals surface area contributed by atoms with Crippen molar-refractivity contribution in [1.29, 1.82) is 0 Å². The Bertz CT molecular complexity index is 742. The Morgan fingerprint density at radius 2 is 2.04 bits per heavy atom. The summed E-state index contributed by atoms with van der Waals surface area (Å²) in [7, 11) is 1.32. The zero-order valence-corrected chi connectivity index (χ0v) is 17.5. The molecule has 0 aliphatic carbocycles. The standard InChI is InChI=1S/C17H22N4O3S3/c1-3-13(26-17-21-20-16(18)27-17)14(22)19-12(15(23)24-2)10-25-9-11-7-5-4-6-8-11/h4-8,12-13H,3,9-10H2,1-2H3,(H2,18,20)(H,19,22)/t12-,13-/m1/s1. The molecule has 0 fully saturated rings. The zero-order chi connectivity index (χ0) is 19.6. The largest absolute Gasteiger partial charge is 0.467 e. The number of hydrogen-bond donors (Lipinski definition) is 2. The minimum Gasteiger partial charge on any atom is -0.467 e. The summed E-state index contributed by atoms with van der Waals surface area (Å²) < 4.78 is 5.47. The van der Waals surface area contributed by atoms with Crippen LogP contribution in [0.3, 0.4) is 0 Å². The first kappa shape index (κ1) is 21.5. The first-order valence-corrected chi connectivity index (χ1v) is 11.1. The van der Waals surface area contributed by atoms with Crippen molar-refractivity contribution >= 4 is 51.9 Å². The number of methoxy groups -OCH3 is 1. The highest BCUT2D eigenvalue weighted by molar-refractivity contribution is 8.02. The fraction of sp³-hybridized carbons (Fsp3) is 0.412. The maximum atomic E-state index is 12.6. The number of nitrogens with zero attached hydrogens (tertiary/aromatic N) is 2. The molecule has 0 bridgehead atoms. The Morgan fingerprint density at radius 1 is 1.30 bits per heavy atom. The summed E-state index contributed by atoms with van der Waals surface area (Å²) in [6, 6.07) is 9.24. The number of aromatic nitrogens is 2. The Hall–Kier alpha value is -1.78. The maximum absolute atomic E-state index is 12.6. The van der Waals surface area contributed by atoms with Gasteiger partial charge in [-0.3, -0.25) is 4.79 Å². The molecule has 0 spiro atoms. The third-order valence-corrected chi connectivity index (χ3v) is 6.83. The number of nitrogen functional groups attached to an aromatic ring is 1. The van der Waals surface area contributed by atoms with Gasteiger partial charge in [-0.15, -0.1) is 10.2 Å². The number of nitrogens with two attached hydrogens (primary N) is 1. The van der Waals surface area contributed by atoms with Crippen LogP contribution in [-0.2, 0) is 20.1 Å². The lowest BCUT2D eigenvalue weighted by Crippen LogP contribution is -2.46. The lowest BCUT2D eigenvalue weighted by atomic mass is 10.2. The molecule has 146 valence electrons. The van der Waals surface area contributed by atoms with Crippen LogP contribution in [0, 0.1) is 0 Å². The van der Waals surface area contributed by atoms with Crippen molar-refractivity contribution < 1.29 is 14.3 Å². The summed E-state index contributed by atoms with van der Waals surface area (Å²) in [4.78, 5) is 24.7. The van der Waals surface area contributed by atoms with Gasteiger partial charge in [0, 0.05) is 11.5 Å². The van der Waals surface area contributed by atoms with Crippen LogP contribution in [-0.4, -0.2) is 46.2 Å². The molecule has 3 N–H and O–H groups in total. The van der Waals surface area contributed by atoms with Crippen molar-refractivity contribution in [1.82, 2.24) is 15.5 Å². The number of amides is 1. The average molecular weight is 427 g/mol. The predicted molar refractivity (Wildman–Crippen MR) is 111 cm³/mol. The van der Waals surface area contributed by atoms with Gasteiger partial charge in [-0.2, -0.15) is 11.8 Å². The van der Waals surface area contributed by atoms with Gasteiger partial charge in [0.05, 0.1) is 12.4 Å². The molecule has 2 rings (SSSR count). The van der Waals surface area contributed by atoms with Gasteiger partial charge in [-0.05, 0) is 12.0 Å². The number of anilines is 1. The Morgan fingerprint density at radius 3 is 2.63 bits per heavy atom. The highest BCUT2D eigenvalue weighted by Gasteiger charge is 2.26. The summed E-state index contributed by atoms with van der Waals surface area (Å²) in [5, 5.41) is 10.5. The van der Waals surface area contributed by atoms with E-state index in [1.807, 2.05) is 37.3 Å². The second-order valence-corrected chi connectivity index (χ2v) is 9.00. The number of carbonyl (C=O) groups excluding carboxylic acids is 2. The van der Waals surface area contributed by atoms with E-state index in [-0.39, 0.29) is 11.2 Å². The van der Waals surface area contributed by atoms with E-state index in [2.05, 4.69) is 15.5 Å². The summed E-state index contributed by atoms with van der Waals surface area (Å²) in [5.74, 6) is 0.497. The van der Waals surface area contributed by atoms with Gasteiger partial charge in [0.1, 0.15) is 6.04 Å². The molecule has 0 aliphatic heterocycles. The van der Waals surface area contributed by atoms with Crippen molar-refractivity contribution in [3.63, 3.8) is 0 Å². The number of carbonyl (C=O) groups is 2. The normalized spacial score (nSPS) is 13.0. The number of hydrogen-bond acceptors (Lipinski definition) is 9. The smallest absolute Gasteiger partial charge is 0.329 e. The fourth-order valence-corrected chi connectivity index (χ4v) is 4.97. The molecular weight excluding hydrogens is 404 g/mol. The van der Waals surface area contributed by atoms with E-state index < -0.39 is 12.0 Å². The van der Waals surface area contributed by atoms with E-state index in [1.54, 1.807) is 11.8 Å². The van der Waals surface area contributed by atoms with Crippen molar-refractivity contribution in [2.45, 2.75) is 34.7 Å². The quantitative estimate of drug-likeness (QED) is 0.441. The third kappa shape index (κ3) is 7.04. The molecule has 1 aromatic carbocycles. The zero-order valence-electron chi connectivity index (χ0n) is 15.1. The minimum absolute atomic E-state index is 0.230. The molecule has 0 unspecified atom stereocenters. The Kier molecular flexibility index (Phi) is 8.89. The van der Waals surface area contributed by atoms with Crippen molar-refractivity contribution in [3.05, 3.63) is 35.9 Å². The van der Waals surface area contributed by atoms with Crippen LogP contribution in [0.25, 0.3) is 0 Å². The van der Waals surface area contributed by atoms with E-state index in [0.717, 1.165) is 11.3 Å². The van der Waals surface area contributed by atoms with Gasteiger partial charge >= 0.3 is 5.97 Å². The first-order valence-electron chi connectivity index (χ1n) is 8.29. The van der Waals surface area contributed by atoms with Gasteiger partial charge in [-0.1, -0.05) is 60.4 Å². The molecule has 1 heterocycles. The molecule has 1 amide bonds. The molecule has 1 aromatic heterocycles. The maximum Gasteiger partial charge on any atom is 0.329 e. The van der Waals surface area contributed by atoms with Crippen LogP contribution in [0.1, 0.15) is 18.9 Å². The van der Waals surface area contributed by atoms with Gasteiger partial charge < -0.3 is 15.8 Å². The van der Waals surface area contributed by atoms with Crippen molar-refractivity contribution in [2.24, 2.45) is 0 Å². The summed E-state index contributed by atoms with van der Waals surface area (Å²) >= 11 is 4.09. The number of benzene rings is 1. The minimum atomic E-state index is -0.703. The molecule has 0 aliphatic rings. The first-order chi connectivity index (χ1) is 13.0. The van der Waals surface area contributed by atoms with Crippen LogP contribution in [0.5, 0.6) is 0 Å². The Balaban J connectivity index is 1.92. The van der Waals surface area contributed by atoms with Gasteiger partial charge in [0.15, 0.2) is 4.34 Å². The number of nitrogens with one attached hydrogen (secondary N) is 1. The van der Waals surface area contributed by atoms with E-state index in [1.165, 1.54) is 30.2 Å². The van der Waals surface area contributed by atoms with E-state index in [9.17, 15) is 9.59 Å². The van der Waals surface area contributed by atoms with Crippen LogP contribution in [0.4, 0.5) is 5.13 Å². The summed E-state index contributed by atoms with van der Waals surface area (Å²) in [6.07, 6.45) is 0.584. The number of esters is 1. The van der Waals surface area contributed by atoms with Gasteiger partial charge in [-0.25, -0.2) is 4.79 Å². The van der Waals surface area contributed by atoms with Crippen LogP contribution >= 0.6 is 34.9 Å². The third-order valence-electron chi connectivity index (χ3n) is 3.53. The molecule has 0 saturated heterocycles. The molecule has 0 radical (unpaired) electrons. The van der Waals surface area contributed by atoms with E-state index in [4.69, 9.17) is 10.5 Å². The van der Waals surface area contributed by atoms with E-state index in [0.29, 0.717) is 21.6 Å². The van der Waals surface area contributed by atoms with Crippen LogP contribution < -0.4 is 11.1 Å². The number of rotatable bonds is 10. The van der Waals surface area contributed by atoms with Gasteiger partial charge in [0.25, 0.3) is 0 Å². The monoisotopic (exact) mass is 426 g/mol. The topological polar surface area (TPSA) is 107 Å². The molecular formula is C17H22N4O3S3. The van der Waals surface area contributed by atoms with Crippen molar-refractivity contribution in [3.8, 4) is 0 Å². The van der Waals surface area contributed by atoms with Crippen LogP contribution in [0.2, 0.25) is 0 Å². The second-order valence-electron chi connectivity index (χ2n) is 5.51.